The van der Waals surface area contributed by atoms with E-state index < -0.39 is 35.8 Å². The summed E-state index contributed by atoms with van der Waals surface area (Å²) in [7, 11) is -0.659. The van der Waals surface area contributed by atoms with Crippen LogP contribution in [0.1, 0.15) is 54.9 Å². The molecule has 1 aromatic carbocycles. The fourth-order valence-electron chi connectivity index (χ4n) is 3.30. The van der Waals surface area contributed by atoms with Crippen molar-refractivity contribution in [1.29, 1.82) is 0 Å². The maximum absolute atomic E-state index is 14.6. The number of carboxylic acid groups (broad SMARTS) is 1. The van der Waals surface area contributed by atoms with Crippen LogP contribution in [0.3, 0.4) is 0 Å². The van der Waals surface area contributed by atoms with Crippen molar-refractivity contribution in [3.63, 3.8) is 0 Å². The number of benzene rings is 1. The van der Waals surface area contributed by atoms with Crippen molar-refractivity contribution < 1.29 is 28.3 Å². The van der Waals surface area contributed by atoms with E-state index in [0.717, 1.165) is 0 Å². The first kappa shape index (κ1) is 22.5. The third kappa shape index (κ3) is 5.17. The van der Waals surface area contributed by atoms with Crippen molar-refractivity contribution in [1.82, 2.24) is 5.32 Å². The van der Waals surface area contributed by atoms with E-state index in [1.54, 1.807) is 13.0 Å². The number of nitrogens with one attached hydrogen (secondary N) is 1. The van der Waals surface area contributed by atoms with Gasteiger partial charge in [0.1, 0.15) is 6.61 Å². The molecule has 1 atom stereocenters. The Hall–Kier alpha value is -1.80. The Kier molecular flexibility index (Phi) is 6.36. The van der Waals surface area contributed by atoms with Gasteiger partial charge in [0.2, 0.25) is 0 Å². The number of rotatable bonds is 7. The molecule has 2 N–H and O–H groups in total. The number of hydrogen-bond donors (Lipinski definition) is 2. The summed E-state index contributed by atoms with van der Waals surface area (Å²) in [6.07, 6.45) is -0.573. The molecule has 1 aliphatic rings. The van der Waals surface area contributed by atoms with Crippen molar-refractivity contribution in [3.8, 4) is 5.75 Å². The zero-order chi connectivity index (χ0) is 21.3. The van der Waals surface area contributed by atoms with Crippen LogP contribution >= 0.6 is 0 Å². The normalized spacial score (nSPS) is 20.1. The highest BCUT2D eigenvalue weighted by Crippen LogP contribution is 2.36. The van der Waals surface area contributed by atoms with E-state index in [0.29, 0.717) is 11.9 Å². The first-order valence-corrected chi connectivity index (χ1v) is 9.54. The van der Waals surface area contributed by atoms with E-state index in [2.05, 4.69) is 5.32 Å². The smallest absolute Gasteiger partial charge is 0.488 e. The van der Waals surface area contributed by atoms with E-state index in [1.165, 1.54) is 12.1 Å². The molecule has 8 heteroatoms. The fourth-order valence-corrected chi connectivity index (χ4v) is 3.30. The van der Waals surface area contributed by atoms with E-state index in [4.69, 9.17) is 19.2 Å². The first-order chi connectivity index (χ1) is 12.7. The van der Waals surface area contributed by atoms with Crippen molar-refractivity contribution in [3.05, 3.63) is 24.0 Å². The quantitative estimate of drug-likeness (QED) is 0.691. The second kappa shape index (κ2) is 7.91. The highest BCUT2D eigenvalue weighted by atomic mass is 19.1. The summed E-state index contributed by atoms with van der Waals surface area (Å²) in [5.41, 5.74) is -1.27. The number of halogens is 1. The topological polar surface area (TPSA) is 77.0 Å². The Morgan fingerprint density at radius 3 is 2.32 bits per heavy atom. The summed E-state index contributed by atoms with van der Waals surface area (Å²) in [6, 6.07) is 4.55. The lowest BCUT2D eigenvalue weighted by Gasteiger charge is -2.32. The molecule has 0 aliphatic carbocycles. The molecule has 0 spiro atoms. The summed E-state index contributed by atoms with van der Waals surface area (Å²) in [6.45, 7) is 13.5. The van der Waals surface area contributed by atoms with Gasteiger partial charge in [0.15, 0.2) is 11.6 Å². The molecule has 156 valence electrons. The highest BCUT2D eigenvalue weighted by Gasteiger charge is 2.51. The lowest BCUT2D eigenvalue weighted by atomic mass is 9.79. The largest absolute Gasteiger partial charge is 0.494 e. The summed E-state index contributed by atoms with van der Waals surface area (Å²) >= 11 is 0. The van der Waals surface area contributed by atoms with Gasteiger partial charge in [-0.15, -0.1) is 0 Å². The lowest BCUT2D eigenvalue weighted by Crippen LogP contribution is -2.50. The van der Waals surface area contributed by atoms with E-state index >= 15 is 0 Å². The van der Waals surface area contributed by atoms with Crippen LogP contribution < -0.4 is 15.5 Å². The minimum atomic E-state index is -1.14. The van der Waals surface area contributed by atoms with Crippen LogP contribution in [-0.2, 0) is 9.31 Å². The van der Waals surface area contributed by atoms with Crippen molar-refractivity contribution in [2.24, 2.45) is 5.92 Å². The molecule has 1 heterocycles. The molecule has 2 rings (SSSR count). The Balaban J connectivity index is 2.11. The highest BCUT2D eigenvalue weighted by molar-refractivity contribution is 6.62. The molecule has 1 saturated heterocycles. The molecule has 0 aromatic heterocycles. The summed E-state index contributed by atoms with van der Waals surface area (Å²) in [5, 5.41) is 11.6. The van der Waals surface area contributed by atoms with Crippen molar-refractivity contribution >= 4 is 18.7 Å². The van der Waals surface area contributed by atoms with Gasteiger partial charge in [-0.3, -0.25) is 0 Å². The molecule has 1 aliphatic heterocycles. The Bertz CT molecular complexity index is 709. The van der Waals surface area contributed by atoms with Crippen LogP contribution in [0.25, 0.3) is 0 Å². The molecule has 28 heavy (non-hydrogen) atoms. The molecule has 1 unspecified atom stereocenters. The van der Waals surface area contributed by atoms with Crippen LogP contribution in [0, 0.1) is 11.7 Å². The van der Waals surface area contributed by atoms with Gasteiger partial charge in [0.25, 0.3) is 0 Å². The van der Waals surface area contributed by atoms with Crippen LogP contribution in [0.5, 0.6) is 5.75 Å². The van der Waals surface area contributed by atoms with Crippen LogP contribution in [0.2, 0.25) is 0 Å². The number of ether oxygens (including phenoxy) is 1. The van der Waals surface area contributed by atoms with Gasteiger partial charge in [-0.05, 0) is 64.6 Å². The molecule has 0 bridgehead atoms. The van der Waals surface area contributed by atoms with Crippen molar-refractivity contribution in [2.45, 2.75) is 71.6 Å². The van der Waals surface area contributed by atoms with Crippen LogP contribution in [0.4, 0.5) is 9.18 Å². The Labute approximate surface area is 166 Å². The molecule has 0 saturated carbocycles. The van der Waals surface area contributed by atoms with Gasteiger partial charge < -0.3 is 24.5 Å². The maximum atomic E-state index is 14.6. The lowest BCUT2D eigenvalue weighted by molar-refractivity contribution is 0.00578. The van der Waals surface area contributed by atoms with Crippen molar-refractivity contribution in [2.75, 3.05) is 6.61 Å². The third-order valence-electron chi connectivity index (χ3n) is 5.30. The van der Waals surface area contributed by atoms with Crippen LogP contribution in [0.15, 0.2) is 18.2 Å². The summed E-state index contributed by atoms with van der Waals surface area (Å²) < 4.78 is 32.1. The van der Waals surface area contributed by atoms with Gasteiger partial charge in [-0.2, -0.15) is 0 Å². The number of hydrogen-bond acceptors (Lipinski definition) is 4. The average molecular weight is 395 g/mol. The molecule has 0 radical (unpaired) electrons. The SMILES string of the molecule is CC(C)CC(C)(COc1ccc(B2OC(C)(C)C(C)(C)O2)cc1F)NC(=O)O. The maximum Gasteiger partial charge on any atom is 0.494 e. The second-order valence-corrected chi connectivity index (χ2v) is 9.16. The predicted octanol–water partition coefficient (Wildman–Crippen LogP) is 3.58. The molecular formula is C20H31BFNO5. The minimum Gasteiger partial charge on any atom is -0.488 e. The third-order valence-corrected chi connectivity index (χ3v) is 5.30. The second-order valence-electron chi connectivity index (χ2n) is 9.16. The fraction of sp³-hybridized carbons (Fsp3) is 0.650. The molecule has 1 aromatic rings. The predicted molar refractivity (Wildman–Crippen MR) is 107 cm³/mol. The van der Waals surface area contributed by atoms with Gasteiger partial charge in [-0.25, -0.2) is 9.18 Å². The van der Waals surface area contributed by atoms with E-state index in [1.807, 2.05) is 41.5 Å². The average Bonchev–Trinajstić information content (AvgIpc) is 2.72. The minimum absolute atomic E-state index is 0.0181. The van der Waals surface area contributed by atoms with E-state index in [-0.39, 0.29) is 18.3 Å². The summed E-state index contributed by atoms with van der Waals surface area (Å²) in [4.78, 5) is 11.1. The zero-order valence-corrected chi connectivity index (χ0v) is 17.8. The zero-order valence-electron chi connectivity index (χ0n) is 17.8. The molecule has 1 fully saturated rings. The molecule has 6 nitrogen and oxygen atoms in total. The summed E-state index contributed by atoms with van der Waals surface area (Å²) in [5.74, 6) is -0.243. The standard InChI is InChI=1S/C20H31BFNO5/c1-13(2)11-20(7,23-17(24)25)12-26-16-9-8-14(10-15(16)22)21-27-18(3,4)19(5,6)28-21/h8-10,13,23H,11-12H2,1-7H3,(H,24,25). The van der Waals surface area contributed by atoms with Gasteiger partial charge in [0.05, 0.1) is 16.7 Å². The number of amides is 1. The Morgan fingerprint density at radius 1 is 1.29 bits per heavy atom. The van der Waals surface area contributed by atoms with E-state index in [9.17, 15) is 9.18 Å². The Morgan fingerprint density at radius 2 is 1.86 bits per heavy atom. The molecule has 1 amide bonds. The monoisotopic (exact) mass is 395 g/mol. The first-order valence-electron chi connectivity index (χ1n) is 9.54. The molecular weight excluding hydrogens is 364 g/mol. The van der Waals surface area contributed by atoms with Crippen LogP contribution in [-0.4, -0.2) is 41.7 Å². The van der Waals surface area contributed by atoms with Gasteiger partial charge in [-0.1, -0.05) is 19.9 Å². The number of carbonyl (C=O) groups is 1. The van der Waals surface area contributed by atoms with Gasteiger partial charge >= 0.3 is 13.2 Å². The van der Waals surface area contributed by atoms with Gasteiger partial charge in [0, 0.05) is 0 Å².